The van der Waals surface area contributed by atoms with Crippen LogP contribution in [0.25, 0.3) is 0 Å². The first-order valence-corrected chi connectivity index (χ1v) is 7.24. The highest BCUT2D eigenvalue weighted by molar-refractivity contribution is 5.92. The number of amides is 1. The molecule has 1 spiro atoms. The molecular formula is C15H16F2N2O2. The van der Waals surface area contributed by atoms with Crippen LogP contribution >= 0.6 is 0 Å². The summed E-state index contributed by atoms with van der Waals surface area (Å²) in [6.07, 6.45) is 1.98. The Balaban J connectivity index is 1.70. The van der Waals surface area contributed by atoms with Gasteiger partial charge >= 0.3 is 0 Å². The van der Waals surface area contributed by atoms with Gasteiger partial charge in [0.2, 0.25) is 5.91 Å². The molecule has 21 heavy (non-hydrogen) atoms. The minimum absolute atomic E-state index is 0.00286. The SMILES string of the molecule is O=C1N(C2CCOC2)C(c2ccc(F)c(F)c2)NC12CC2. The van der Waals surface area contributed by atoms with E-state index in [2.05, 4.69) is 5.32 Å². The van der Waals surface area contributed by atoms with Crippen LogP contribution in [0.4, 0.5) is 8.78 Å². The summed E-state index contributed by atoms with van der Waals surface area (Å²) in [5, 5.41) is 3.31. The summed E-state index contributed by atoms with van der Waals surface area (Å²) in [4.78, 5) is 14.4. The zero-order valence-electron chi connectivity index (χ0n) is 11.4. The van der Waals surface area contributed by atoms with Gasteiger partial charge in [-0.1, -0.05) is 6.07 Å². The lowest BCUT2D eigenvalue weighted by Gasteiger charge is -2.29. The van der Waals surface area contributed by atoms with E-state index in [1.165, 1.54) is 12.1 Å². The first-order chi connectivity index (χ1) is 10.1. The normalized spacial score (nSPS) is 30.4. The summed E-state index contributed by atoms with van der Waals surface area (Å²) < 4.78 is 32.0. The Bertz CT molecular complexity index is 597. The first-order valence-electron chi connectivity index (χ1n) is 7.24. The number of nitrogens with one attached hydrogen (secondary N) is 1. The van der Waals surface area contributed by atoms with Gasteiger partial charge in [0, 0.05) is 6.61 Å². The molecule has 0 radical (unpaired) electrons. The molecule has 6 heteroatoms. The maximum Gasteiger partial charge on any atom is 0.244 e. The van der Waals surface area contributed by atoms with Crippen molar-refractivity contribution in [1.82, 2.24) is 10.2 Å². The maximum absolute atomic E-state index is 13.5. The molecule has 1 N–H and O–H groups in total. The number of carbonyl (C=O) groups excluding carboxylic acids is 1. The van der Waals surface area contributed by atoms with Gasteiger partial charge in [-0.3, -0.25) is 10.1 Å². The van der Waals surface area contributed by atoms with Crippen LogP contribution in [0.3, 0.4) is 0 Å². The third kappa shape index (κ3) is 1.97. The third-order valence-corrected chi connectivity index (χ3v) is 4.64. The van der Waals surface area contributed by atoms with Crippen LogP contribution in [0, 0.1) is 11.6 Å². The lowest BCUT2D eigenvalue weighted by Crippen LogP contribution is -2.40. The van der Waals surface area contributed by atoms with Crippen molar-refractivity contribution >= 4 is 5.91 Å². The number of rotatable bonds is 2. The highest BCUT2D eigenvalue weighted by Crippen LogP contribution is 2.47. The Kier molecular flexibility index (Phi) is 2.81. The second-order valence-electron chi connectivity index (χ2n) is 6.03. The molecule has 0 bridgehead atoms. The Hall–Kier alpha value is -1.53. The summed E-state index contributed by atoms with van der Waals surface area (Å²) in [5.41, 5.74) is 0.0934. The van der Waals surface area contributed by atoms with Crippen molar-refractivity contribution in [3.05, 3.63) is 35.4 Å². The first kappa shape index (κ1) is 13.2. The number of halogens is 2. The molecule has 1 amide bonds. The van der Waals surface area contributed by atoms with Gasteiger partial charge in [0.1, 0.15) is 11.7 Å². The molecular weight excluding hydrogens is 278 g/mol. The quantitative estimate of drug-likeness (QED) is 0.903. The molecule has 2 heterocycles. The second kappa shape index (κ2) is 4.48. The molecule has 1 aromatic carbocycles. The topological polar surface area (TPSA) is 41.6 Å². The van der Waals surface area contributed by atoms with Gasteiger partial charge in [-0.2, -0.15) is 0 Å². The number of nitrogens with zero attached hydrogens (tertiary/aromatic N) is 1. The van der Waals surface area contributed by atoms with E-state index < -0.39 is 23.3 Å². The number of hydrogen-bond acceptors (Lipinski definition) is 3. The molecule has 3 aliphatic rings. The fraction of sp³-hybridized carbons (Fsp3) is 0.533. The van der Waals surface area contributed by atoms with Gasteiger partial charge < -0.3 is 9.64 Å². The van der Waals surface area contributed by atoms with E-state index in [0.29, 0.717) is 18.8 Å². The summed E-state index contributed by atoms with van der Waals surface area (Å²) in [6.45, 7) is 1.13. The molecule has 2 unspecified atom stereocenters. The summed E-state index contributed by atoms with van der Waals surface area (Å²) >= 11 is 0. The molecule has 112 valence electrons. The van der Waals surface area contributed by atoms with Crippen LogP contribution in [0.2, 0.25) is 0 Å². The van der Waals surface area contributed by atoms with Crippen molar-refractivity contribution in [2.24, 2.45) is 0 Å². The predicted octanol–water partition coefficient (Wildman–Crippen LogP) is 1.72. The van der Waals surface area contributed by atoms with E-state index in [0.717, 1.165) is 25.3 Å². The minimum Gasteiger partial charge on any atom is -0.379 e. The molecule has 1 aliphatic carbocycles. The van der Waals surface area contributed by atoms with E-state index in [9.17, 15) is 13.6 Å². The van der Waals surface area contributed by atoms with Crippen molar-refractivity contribution in [3.8, 4) is 0 Å². The van der Waals surface area contributed by atoms with Crippen LogP contribution in [-0.2, 0) is 9.53 Å². The van der Waals surface area contributed by atoms with Crippen molar-refractivity contribution in [3.63, 3.8) is 0 Å². The Morgan fingerprint density at radius 3 is 2.71 bits per heavy atom. The zero-order chi connectivity index (χ0) is 14.6. The standard InChI is InChI=1S/C15H16F2N2O2/c16-11-2-1-9(7-12(11)17)13-18-15(4-5-15)14(20)19(13)10-3-6-21-8-10/h1-2,7,10,13,18H,3-6,8H2. The van der Waals surface area contributed by atoms with Crippen LogP contribution in [0.5, 0.6) is 0 Å². The van der Waals surface area contributed by atoms with Gasteiger partial charge in [-0.15, -0.1) is 0 Å². The van der Waals surface area contributed by atoms with Gasteiger partial charge in [0.15, 0.2) is 11.6 Å². The molecule has 1 saturated carbocycles. The zero-order valence-corrected chi connectivity index (χ0v) is 11.4. The number of carbonyl (C=O) groups is 1. The van der Waals surface area contributed by atoms with Crippen LogP contribution in [0.1, 0.15) is 31.0 Å². The highest BCUT2D eigenvalue weighted by atomic mass is 19.2. The molecule has 4 rings (SSSR count). The number of benzene rings is 1. The van der Waals surface area contributed by atoms with E-state index in [1.807, 2.05) is 0 Å². The second-order valence-corrected chi connectivity index (χ2v) is 6.03. The van der Waals surface area contributed by atoms with E-state index in [-0.39, 0.29) is 11.9 Å². The van der Waals surface area contributed by atoms with Crippen molar-refractivity contribution < 1.29 is 18.3 Å². The summed E-state index contributed by atoms with van der Waals surface area (Å²) in [5.74, 6) is -1.70. The largest absolute Gasteiger partial charge is 0.379 e. The Labute approximate surface area is 121 Å². The molecule has 2 atom stereocenters. The predicted molar refractivity (Wildman–Crippen MR) is 70.3 cm³/mol. The Morgan fingerprint density at radius 2 is 2.10 bits per heavy atom. The lowest BCUT2D eigenvalue weighted by atomic mass is 10.1. The average molecular weight is 294 g/mol. The average Bonchev–Trinajstić information content (AvgIpc) is 2.93. The summed E-state index contributed by atoms with van der Waals surface area (Å²) in [7, 11) is 0. The third-order valence-electron chi connectivity index (χ3n) is 4.64. The highest BCUT2D eigenvalue weighted by Gasteiger charge is 2.60. The summed E-state index contributed by atoms with van der Waals surface area (Å²) in [6, 6.07) is 3.82. The van der Waals surface area contributed by atoms with Crippen molar-refractivity contribution in [2.45, 2.75) is 37.0 Å². The maximum atomic E-state index is 13.5. The molecule has 4 nitrogen and oxygen atoms in total. The molecule has 2 aliphatic heterocycles. The van der Waals surface area contributed by atoms with Crippen LogP contribution in [0.15, 0.2) is 18.2 Å². The van der Waals surface area contributed by atoms with Crippen LogP contribution < -0.4 is 5.32 Å². The Morgan fingerprint density at radius 1 is 1.29 bits per heavy atom. The number of hydrogen-bond donors (Lipinski definition) is 1. The van der Waals surface area contributed by atoms with E-state index >= 15 is 0 Å². The molecule has 2 saturated heterocycles. The molecule has 3 fully saturated rings. The van der Waals surface area contributed by atoms with Gasteiger partial charge in [-0.25, -0.2) is 8.78 Å². The van der Waals surface area contributed by atoms with E-state index in [1.54, 1.807) is 4.90 Å². The van der Waals surface area contributed by atoms with Gasteiger partial charge in [0.25, 0.3) is 0 Å². The van der Waals surface area contributed by atoms with Crippen molar-refractivity contribution in [1.29, 1.82) is 0 Å². The van der Waals surface area contributed by atoms with Gasteiger partial charge in [0.05, 0.1) is 12.6 Å². The lowest BCUT2D eigenvalue weighted by molar-refractivity contribution is -0.133. The molecule has 1 aromatic rings. The fourth-order valence-electron chi connectivity index (χ4n) is 3.29. The number of ether oxygens (including phenoxy) is 1. The van der Waals surface area contributed by atoms with E-state index in [4.69, 9.17) is 4.74 Å². The van der Waals surface area contributed by atoms with Crippen molar-refractivity contribution in [2.75, 3.05) is 13.2 Å². The van der Waals surface area contributed by atoms with Crippen LogP contribution in [-0.4, -0.2) is 35.6 Å². The monoisotopic (exact) mass is 294 g/mol. The smallest absolute Gasteiger partial charge is 0.244 e. The fourth-order valence-corrected chi connectivity index (χ4v) is 3.29. The minimum atomic E-state index is -0.888. The van der Waals surface area contributed by atoms with Gasteiger partial charge in [-0.05, 0) is 37.0 Å². The molecule has 0 aromatic heterocycles.